The molecule has 0 atom stereocenters. The number of H-pyrrole nitrogens is 2. The van der Waals surface area contributed by atoms with Gasteiger partial charge in [-0.15, -0.1) is 10.2 Å². The van der Waals surface area contributed by atoms with E-state index in [9.17, 15) is 9.59 Å². The van der Waals surface area contributed by atoms with Gasteiger partial charge in [-0.05, 0) is 19.1 Å². The van der Waals surface area contributed by atoms with Crippen molar-refractivity contribution in [3.05, 3.63) is 56.7 Å². The number of hydrogen-bond acceptors (Lipinski definition) is 5. The van der Waals surface area contributed by atoms with E-state index >= 15 is 0 Å². The van der Waals surface area contributed by atoms with E-state index in [0.717, 1.165) is 0 Å². The van der Waals surface area contributed by atoms with Crippen LogP contribution in [0.4, 0.5) is 17.2 Å². The van der Waals surface area contributed by atoms with Gasteiger partial charge in [0.05, 0.1) is 11.4 Å². The van der Waals surface area contributed by atoms with E-state index < -0.39 is 5.56 Å². The number of nitrogens with zero attached hydrogens (tertiary/aromatic N) is 4. The molecule has 3 rings (SSSR count). The van der Waals surface area contributed by atoms with Crippen LogP contribution >= 0.6 is 0 Å². The fraction of sp³-hybridized carbons (Fsp3) is 0.143. The van der Waals surface area contributed by atoms with Crippen LogP contribution in [0.1, 0.15) is 5.69 Å². The molecule has 0 aliphatic rings. The first-order valence-corrected chi connectivity index (χ1v) is 6.82. The zero-order valence-electron chi connectivity index (χ0n) is 12.6. The molecule has 9 heteroatoms. The quantitative estimate of drug-likeness (QED) is 0.634. The highest BCUT2D eigenvalue weighted by molar-refractivity contribution is 5.55. The van der Waals surface area contributed by atoms with Crippen LogP contribution in [0.15, 0.2) is 50.1 Å². The highest BCUT2D eigenvalue weighted by Gasteiger charge is 2.16. The molecular weight excluding hydrogens is 298 g/mol. The van der Waals surface area contributed by atoms with Crippen molar-refractivity contribution >= 4 is 17.2 Å². The van der Waals surface area contributed by atoms with Gasteiger partial charge in [0, 0.05) is 7.05 Å². The summed E-state index contributed by atoms with van der Waals surface area (Å²) in [5.41, 5.74) is 6.18. The molecule has 0 fully saturated rings. The molecule has 0 saturated heterocycles. The lowest BCUT2D eigenvalue weighted by molar-refractivity contribution is 0.630. The second-order valence-corrected chi connectivity index (χ2v) is 4.95. The second-order valence-electron chi connectivity index (χ2n) is 4.95. The molecule has 0 bridgehead atoms. The summed E-state index contributed by atoms with van der Waals surface area (Å²) in [6.07, 6.45) is 0. The van der Waals surface area contributed by atoms with Crippen molar-refractivity contribution in [2.24, 2.45) is 17.3 Å². The Labute approximate surface area is 130 Å². The lowest BCUT2D eigenvalue weighted by atomic mass is 10.3. The molecule has 4 N–H and O–H groups in total. The third-order valence-corrected chi connectivity index (χ3v) is 3.55. The number of nitrogens with two attached hydrogens (primary N) is 1. The minimum Gasteiger partial charge on any atom is -0.382 e. The summed E-state index contributed by atoms with van der Waals surface area (Å²) in [5, 5.41) is 12.5. The molecule has 0 radical (unpaired) electrons. The number of benzene rings is 1. The number of rotatable bonds is 3. The molecule has 9 nitrogen and oxygen atoms in total. The van der Waals surface area contributed by atoms with Crippen molar-refractivity contribution in [2.45, 2.75) is 6.92 Å². The molecule has 2 aromatic heterocycles. The molecule has 2 heterocycles. The van der Waals surface area contributed by atoms with Gasteiger partial charge in [0.2, 0.25) is 0 Å². The minimum absolute atomic E-state index is 0.0566. The maximum absolute atomic E-state index is 12.6. The van der Waals surface area contributed by atoms with Crippen LogP contribution in [0, 0.1) is 6.92 Å². The van der Waals surface area contributed by atoms with Crippen molar-refractivity contribution in [2.75, 3.05) is 5.73 Å². The monoisotopic (exact) mass is 313 g/mol. The molecule has 23 heavy (non-hydrogen) atoms. The standard InChI is InChI=1S/C14H15N7O2/c1-8-10(16-17-11-12(15)18-19-13(11)22)14(23)21(20(8)2)9-6-4-3-5-7-9/h3-7H,1-2H3,(H4,15,18,19,22). The SMILES string of the molecule is Cc1c(N=Nc2c(N)[nH][nH]c2=O)c(=O)n(-c2ccccc2)n1C. The Balaban J connectivity index is 2.12. The van der Waals surface area contributed by atoms with E-state index in [-0.39, 0.29) is 22.8 Å². The van der Waals surface area contributed by atoms with Crippen LogP contribution in [0.5, 0.6) is 0 Å². The van der Waals surface area contributed by atoms with Crippen LogP contribution in [-0.4, -0.2) is 19.6 Å². The van der Waals surface area contributed by atoms with Crippen molar-refractivity contribution in [1.82, 2.24) is 19.6 Å². The molecule has 1 aromatic carbocycles. The Hall–Kier alpha value is -3.36. The average molecular weight is 313 g/mol. The minimum atomic E-state index is -0.497. The first-order valence-electron chi connectivity index (χ1n) is 6.82. The third kappa shape index (κ3) is 2.37. The smallest absolute Gasteiger partial charge is 0.299 e. The van der Waals surface area contributed by atoms with Crippen molar-refractivity contribution < 1.29 is 0 Å². The summed E-state index contributed by atoms with van der Waals surface area (Å²) < 4.78 is 3.16. The van der Waals surface area contributed by atoms with Crippen LogP contribution < -0.4 is 16.9 Å². The van der Waals surface area contributed by atoms with Gasteiger partial charge in [-0.2, -0.15) is 0 Å². The lowest BCUT2D eigenvalue weighted by Crippen LogP contribution is -2.19. The van der Waals surface area contributed by atoms with Gasteiger partial charge < -0.3 is 5.73 Å². The van der Waals surface area contributed by atoms with Gasteiger partial charge in [0.25, 0.3) is 11.1 Å². The Kier molecular flexibility index (Phi) is 3.45. The van der Waals surface area contributed by atoms with Crippen LogP contribution in [0.2, 0.25) is 0 Å². The summed E-state index contributed by atoms with van der Waals surface area (Å²) in [7, 11) is 1.75. The van der Waals surface area contributed by atoms with Gasteiger partial charge in [0.15, 0.2) is 11.4 Å². The Bertz CT molecular complexity index is 989. The number of aromatic amines is 2. The lowest BCUT2D eigenvalue weighted by Gasteiger charge is -2.07. The van der Waals surface area contributed by atoms with E-state index in [1.165, 1.54) is 4.68 Å². The number of para-hydroxylation sites is 1. The summed E-state index contributed by atoms with van der Waals surface area (Å²) in [6.45, 7) is 1.75. The largest absolute Gasteiger partial charge is 0.382 e. The number of azo groups is 1. The third-order valence-electron chi connectivity index (χ3n) is 3.55. The topological polar surface area (TPSA) is 126 Å². The molecule has 0 saturated carbocycles. The van der Waals surface area contributed by atoms with Crippen LogP contribution in [-0.2, 0) is 7.05 Å². The molecule has 0 aliphatic carbocycles. The summed E-state index contributed by atoms with van der Waals surface area (Å²) >= 11 is 0. The fourth-order valence-electron chi connectivity index (χ4n) is 2.23. The molecule has 118 valence electrons. The zero-order chi connectivity index (χ0) is 16.6. The maximum Gasteiger partial charge on any atom is 0.299 e. The van der Waals surface area contributed by atoms with Gasteiger partial charge in [-0.25, -0.2) is 4.68 Å². The van der Waals surface area contributed by atoms with E-state index in [0.29, 0.717) is 11.4 Å². The van der Waals surface area contributed by atoms with Crippen molar-refractivity contribution in [3.8, 4) is 5.69 Å². The van der Waals surface area contributed by atoms with Gasteiger partial charge in [-0.3, -0.25) is 24.5 Å². The molecule has 0 unspecified atom stereocenters. The molecular formula is C14H15N7O2. The Morgan fingerprint density at radius 3 is 2.30 bits per heavy atom. The van der Waals surface area contributed by atoms with Crippen LogP contribution in [0.25, 0.3) is 5.69 Å². The Morgan fingerprint density at radius 1 is 1.04 bits per heavy atom. The van der Waals surface area contributed by atoms with E-state index in [4.69, 9.17) is 5.73 Å². The summed E-state index contributed by atoms with van der Waals surface area (Å²) in [4.78, 5) is 24.1. The van der Waals surface area contributed by atoms with Crippen molar-refractivity contribution in [3.63, 3.8) is 0 Å². The van der Waals surface area contributed by atoms with Crippen LogP contribution in [0.3, 0.4) is 0 Å². The highest BCUT2D eigenvalue weighted by Crippen LogP contribution is 2.20. The number of hydrogen-bond donors (Lipinski definition) is 3. The maximum atomic E-state index is 12.6. The molecule has 0 aliphatic heterocycles. The van der Waals surface area contributed by atoms with E-state index in [2.05, 4.69) is 20.4 Å². The average Bonchev–Trinajstić information content (AvgIpc) is 2.97. The molecule has 3 aromatic rings. The second kappa shape index (κ2) is 5.44. The van der Waals surface area contributed by atoms with Gasteiger partial charge in [-0.1, -0.05) is 18.2 Å². The van der Waals surface area contributed by atoms with E-state index in [1.54, 1.807) is 18.7 Å². The Morgan fingerprint density at radius 2 is 1.70 bits per heavy atom. The number of nitrogen functional groups attached to an aromatic ring is 1. The summed E-state index contributed by atoms with van der Waals surface area (Å²) in [5.74, 6) is 0.0655. The number of anilines is 1. The first-order chi connectivity index (χ1) is 11.0. The van der Waals surface area contributed by atoms with Gasteiger partial charge >= 0.3 is 0 Å². The number of nitrogens with one attached hydrogen (secondary N) is 2. The zero-order valence-corrected chi connectivity index (χ0v) is 12.6. The van der Waals surface area contributed by atoms with Gasteiger partial charge in [0.1, 0.15) is 5.82 Å². The van der Waals surface area contributed by atoms with Crippen molar-refractivity contribution in [1.29, 1.82) is 0 Å². The van der Waals surface area contributed by atoms with E-state index in [1.807, 2.05) is 30.3 Å². The molecule has 0 amide bonds. The predicted octanol–water partition coefficient (Wildman–Crippen LogP) is 1.50. The summed E-state index contributed by atoms with van der Waals surface area (Å²) in [6, 6.07) is 9.18. The predicted molar refractivity (Wildman–Crippen MR) is 85.7 cm³/mol. The molecule has 0 spiro atoms. The first kappa shape index (κ1) is 14.6. The highest BCUT2D eigenvalue weighted by atomic mass is 16.1. The normalized spacial score (nSPS) is 11.4. The fourth-order valence-corrected chi connectivity index (χ4v) is 2.23. The number of aromatic nitrogens is 4.